The molecule has 0 aliphatic heterocycles. The van der Waals surface area contributed by atoms with Crippen LogP contribution in [0.1, 0.15) is 15.9 Å². The van der Waals surface area contributed by atoms with Gasteiger partial charge >= 0.3 is 0 Å². The van der Waals surface area contributed by atoms with Crippen LogP contribution in [0, 0.1) is 11.3 Å². The Balaban J connectivity index is 1.55. The van der Waals surface area contributed by atoms with E-state index in [-0.39, 0.29) is 12.3 Å². The van der Waals surface area contributed by atoms with Crippen molar-refractivity contribution in [2.75, 3.05) is 5.32 Å². The summed E-state index contributed by atoms with van der Waals surface area (Å²) in [5.74, 6) is 0.424. The van der Waals surface area contributed by atoms with Gasteiger partial charge in [0.25, 0.3) is 0 Å². The van der Waals surface area contributed by atoms with Gasteiger partial charge in [-0.25, -0.2) is 4.98 Å². The van der Waals surface area contributed by atoms with E-state index in [2.05, 4.69) is 21.4 Å². The first-order valence-electron chi connectivity index (χ1n) is 8.78. The fourth-order valence-corrected chi connectivity index (χ4v) is 3.00. The average Bonchev–Trinajstić information content (AvgIpc) is 3.11. The minimum absolute atomic E-state index is 0.227. The number of carbonyl (C=O) groups excluding carboxylic acids is 1. The predicted octanol–water partition coefficient (Wildman–Crippen LogP) is 4.58. The molecule has 3 N–H and O–H groups in total. The maximum Gasteiger partial charge on any atom is 0.248 e. The van der Waals surface area contributed by atoms with Gasteiger partial charge in [0, 0.05) is 40.5 Å². The Bertz CT molecular complexity index is 1280. The van der Waals surface area contributed by atoms with E-state index < -0.39 is 5.91 Å². The highest BCUT2D eigenvalue weighted by Gasteiger charge is 2.13. The standard InChI is InChI=1S/C21H14ClN5O3/c22-16-9-15-13(5-7-23)11-29-17(15)10-18(16)30-19-6-8-25-21(27-19)26-14-3-1-12(2-4-14)20(24)28/h1-4,6,8-11H,5H2,(H2,24,28)(H,25,26,27). The van der Waals surface area contributed by atoms with Gasteiger partial charge in [-0.1, -0.05) is 11.6 Å². The van der Waals surface area contributed by atoms with Gasteiger partial charge in [-0.3, -0.25) is 4.79 Å². The highest BCUT2D eigenvalue weighted by atomic mass is 35.5. The molecule has 30 heavy (non-hydrogen) atoms. The molecule has 0 saturated heterocycles. The fourth-order valence-electron chi connectivity index (χ4n) is 2.80. The van der Waals surface area contributed by atoms with Gasteiger partial charge in [-0.15, -0.1) is 0 Å². The van der Waals surface area contributed by atoms with Crippen LogP contribution in [0.2, 0.25) is 5.02 Å². The number of ether oxygens (including phenoxy) is 1. The van der Waals surface area contributed by atoms with Gasteiger partial charge in [-0.2, -0.15) is 10.2 Å². The highest BCUT2D eigenvalue weighted by Crippen LogP contribution is 2.35. The number of carbonyl (C=O) groups is 1. The number of anilines is 2. The van der Waals surface area contributed by atoms with Crippen LogP contribution in [0.3, 0.4) is 0 Å². The number of nitrogens with zero attached hydrogens (tertiary/aromatic N) is 3. The number of fused-ring (bicyclic) bond motifs is 1. The summed E-state index contributed by atoms with van der Waals surface area (Å²) in [6, 6.07) is 13.6. The van der Waals surface area contributed by atoms with Crippen molar-refractivity contribution in [2.24, 2.45) is 5.73 Å². The van der Waals surface area contributed by atoms with Crippen LogP contribution in [0.25, 0.3) is 11.0 Å². The first-order valence-corrected chi connectivity index (χ1v) is 9.15. The Labute approximate surface area is 175 Å². The minimum Gasteiger partial charge on any atom is -0.464 e. The lowest BCUT2D eigenvalue weighted by Crippen LogP contribution is -2.10. The summed E-state index contributed by atoms with van der Waals surface area (Å²) in [4.78, 5) is 19.6. The second-order valence-electron chi connectivity index (χ2n) is 6.26. The van der Waals surface area contributed by atoms with Crippen molar-refractivity contribution in [2.45, 2.75) is 6.42 Å². The van der Waals surface area contributed by atoms with Crippen molar-refractivity contribution in [1.29, 1.82) is 5.26 Å². The molecule has 9 heteroatoms. The molecule has 2 aromatic heterocycles. The lowest BCUT2D eigenvalue weighted by atomic mass is 10.1. The molecule has 0 aliphatic carbocycles. The molecule has 0 fully saturated rings. The number of furan rings is 1. The van der Waals surface area contributed by atoms with E-state index in [9.17, 15) is 4.79 Å². The first kappa shape index (κ1) is 19.2. The monoisotopic (exact) mass is 419 g/mol. The molecule has 4 aromatic rings. The molecule has 148 valence electrons. The molecule has 0 spiro atoms. The van der Waals surface area contributed by atoms with E-state index in [1.807, 2.05) is 0 Å². The molecule has 0 radical (unpaired) electrons. The van der Waals surface area contributed by atoms with Crippen molar-refractivity contribution in [1.82, 2.24) is 9.97 Å². The van der Waals surface area contributed by atoms with Crippen LogP contribution < -0.4 is 15.8 Å². The quantitative estimate of drug-likeness (QED) is 0.468. The number of hydrogen-bond acceptors (Lipinski definition) is 7. The van der Waals surface area contributed by atoms with Gasteiger partial charge in [0.05, 0.1) is 23.8 Å². The summed E-state index contributed by atoms with van der Waals surface area (Å²) in [6.45, 7) is 0. The number of aromatic nitrogens is 2. The number of nitrogens with two attached hydrogens (primary N) is 1. The summed E-state index contributed by atoms with van der Waals surface area (Å²) in [7, 11) is 0. The Morgan fingerprint density at radius 3 is 2.80 bits per heavy atom. The van der Waals surface area contributed by atoms with Crippen LogP contribution in [0.5, 0.6) is 11.6 Å². The molecular weight excluding hydrogens is 406 g/mol. The van der Waals surface area contributed by atoms with E-state index in [4.69, 9.17) is 31.8 Å². The number of primary amides is 1. The minimum atomic E-state index is -0.502. The molecule has 1 amide bonds. The van der Waals surface area contributed by atoms with E-state index in [0.29, 0.717) is 33.6 Å². The van der Waals surface area contributed by atoms with E-state index in [1.165, 1.54) is 12.5 Å². The summed E-state index contributed by atoms with van der Waals surface area (Å²) >= 11 is 6.35. The van der Waals surface area contributed by atoms with Crippen molar-refractivity contribution in [3.63, 3.8) is 0 Å². The third-order valence-corrected chi connectivity index (χ3v) is 4.54. The number of halogens is 1. The highest BCUT2D eigenvalue weighted by molar-refractivity contribution is 6.32. The molecule has 2 heterocycles. The van der Waals surface area contributed by atoms with Gasteiger partial charge in [0.1, 0.15) is 5.58 Å². The Morgan fingerprint density at radius 1 is 1.27 bits per heavy atom. The second-order valence-corrected chi connectivity index (χ2v) is 6.67. The molecule has 4 rings (SSSR count). The average molecular weight is 420 g/mol. The van der Waals surface area contributed by atoms with Crippen LogP contribution in [-0.4, -0.2) is 15.9 Å². The normalized spacial score (nSPS) is 10.5. The smallest absolute Gasteiger partial charge is 0.248 e. The molecule has 0 saturated carbocycles. The molecule has 2 aromatic carbocycles. The molecule has 0 atom stereocenters. The zero-order valence-electron chi connectivity index (χ0n) is 15.4. The number of nitrogens with one attached hydrogen (secondary N) is 1. The van der Waals surface area contributed by atoms with Crippen molar-refractivity contribution < 1.29 is 13.9 Å². The number of nitriles is 1. The zero-order valence-corrected chi connectivity index (χ0v) is 16.2. The molecular formula is C21H14ClN5O3. The maximum atomic E-state index is 11.2. The molecule has 8 nitrogen and oxygen atoms in total. The Hall–Kier alpha value is -4.09. The van der Waals surface area contributed by atoms with E-state index >= 15 is 0 Å². The largest absolute Gasteiger partial charge is 0.464 e. The van der Waals surface area contributed by atoms with E-state index in [1.54, 1.807) is 42.5 Å². The Kier molecular flexibility index (Phi) is 5.20. The predicted molar refractivity (Wildman–Crippen MR) is 111 cm³/mol. The topological polar surface area (TPSA) is 127 Å². The SMILES string of the molecule is N#CCc1coc2cc(Oc3ccnc(Nc4ccc(C(N)=O)cc4)n3)c(Cl)cc12. The second kappa shape index (κ2) is 8.11. The third-order valence-electron chi connectivity index (χ3n) is 4.25. The third kappa shape index (κ3) is 4.01. The number of amides is 1. The van der Waals surface area contributed by atoms with Crippen LogP contribution in [0.4, 0.5) is 11.6 Å². The summed E-state index contributed by atoms with van der Waals surface area (Å²) in [5.41, 5.74) is 7.64. The van der Waals surface area contributed by atoms with Crippen molar-refractivity contribution in [3.05, 3.63) is 71.1 Å². The Morgan fingerprint density at radius 2 is 2.07 bits per heavy atom. The fraction of sp³-hybridized carbons (Fsp3) is 0.0476. The summed E-state index contributed by atoms with van der Waals surface area (Å²) in [5, 5.41) is 13.0. The van der Waals surface area contributed by atoms with Gasteiger partial charge < -0.3 is 20.2 Å². The van der Waals surface area contributed by atoms with Crippen LogP contribution >= 0.6 is 11.6 Å². The van der Waals surface area contributed by atoms with Crippen LogP contribution in [-0.2, 0) is 6.42 Å². The lowest BCUT2D eigenvalue weighted by molar-refractivity contribution is 0.100. The van der Waals surface area contributed by atoms with Crippen molar-refractivity contribution >= 4 is 40.1 Å². The summed E-state index contributed by atoms with van der Waals surface area (Å²) in [6.07, 6.45) is 3.29. The lowest BCUT2D eigenvalue weighted by Gasteiger charge is -2.09. The van der Waals surface area contributed by atoms with Gasteiger partial charge in [0.2, 0.25) is 17.7 Å². The van der Waals surface area contributed by atoms with E-state index in [0.717, 1.165) is 10.9 Å². The van der Waals surface area contributed by atoms with Crippen LogP contribution in [0.15, 0.2) is 59.3 Å². The number of rotatable bonds is 6. The van der Waals surface area contributed by atoms with Gasteiger partial charge in [-0.05, 0) is 30.3 Å². The first-order chi connectivity index (χ1) is 14.5. The maximum absolute atomic E-state index is 11.2. The molecule has 0 aliphatic rings. The molecule has 0 unspecified atom stereocenters. The number of hydrogen-bond donors (Lipinski definition) is 2. The zero-order chi connectivity index (χ0) is 21.1. The van der Waals surface area contributed by atoms with Crippen molar-refractivity contribution in [3.8, 4) is 17.7 Å². The number of benzene rings is 2. The molecule has 0 bridgehead atoms. The summed E-state index contributed by atoms with van der Waals surface area (Å²) < 4.78 is 11.3. The van der Waals surface area contributed by atoms with Gasteiger partial charge in [0.15, 0.2) is 5.75 Å².